The van der Waals surface area contributed by atoms with Gasteiger partial charge in [0.2, 0.25) is 0 Å². The first kappa shape index (κ1) is 15.3. The van der Waals surface area contributed by atoms with Gasteiger partial charge in [-0.15, -0.1) is 0 Å². The monoisotopic (exact) mass is 278 g/mol. The van der Waals surface area contributed by atoms with E-state index in [1.807, 2.05) is 6.07 Å². The average molecular weight is 278 g/mol. The molecule has 0 bridgehead atoms. The van der Waals surface area contributed by atoms with Crippen LogP contribution in [-0.2, 0) is 6.54 Å². The number of hydrogen-bond acceptors (Lipinski definition) is 2. The van der Waals surface area contributed by atoms with Gasteiger partial charge in [-0.05, 0) is 55.5 Å². The summed E-state index contributed by atoms with van der Waals surface area (Å²) >= 11 is 0. The molecule has 0 saturated heterocycles. The van der Waals surface area contributed by atoms with E-state index in [0.717, 1.165) is 37.5 Å². The molecule has 3 heteroatoms. The van der Waals surface area contributed by atoms with Gasteiger partial charge < -0.3 is 10.2 Å². The van der Waals surface area contributed by atoms with Crippen LogP contribution in [0.5, 0.6) is 0 Å². The van der Waals surface area contributed by atoms with Crippen LogP contribution >= 0.6 is 0 Å². The van der Waals surface area contributed by atoms with Crippen LogP contribution in [0.3, 0.4) is 0 Å². The van der Waals surface area contributed by atoms with Crippen molar-refractivity contribution in [3.8, 4) is 0 Å². The van der Waals surface area contributed by atoms with Crippen molar-refractivity contribution in [2.75, 3.05) is 25.0 Å². The molecule has 0 spiro atoms. The molecule has 1 saturated carbocycles. The lowest BCUT2D eigenvalue weighted by Gasteiger charge is -2.25. The maximum Gasteiger partial charge on any atom is 0.123 e. The molecule has 0 atom stereocenters. The zero-order valence-electron chi connectivity index (χ0n) is 12.8. The second kappa shape index (κ2) is 7.63. The van der Waals surface area contributed by atoms with E-state index >= 15 is 0 Å². The Hall–Kier alpha value is -1.09. The highest BCUT2D eigenvalue weighted by molar-refractivity contribution is 5.53. The molecule has 2 rings (SSSR count). The lowest BCUT2D eigenvalue weighted by molar-refractivity contribution is 0.545. The van der Waals surface area contributed by atoms with Crippen molar-refractivity contribution >= 4 is 5.69 Å². The van der Waals surface area contributed by atoms with Crippen LogP contribution in [0.2, 0.25) is 0 Å². The van der Waals surface area contributed by atoms with Gasteiger partial charge in [0.1, 0.15) is 5.82 Å². The fraction of sp³-hybridized carbons (Fsp3) is 0.647. The van der Waals surface area contributed by atoms with Crippen LogP contribution < -0.4 is 10.2 Å². The van der Waals surface area contributed by atoms with E-state index in [2.05, 4.69) is 24.2 Å². The van der Waals surface area contributed by atoms with E-state index in [-0.39, 0.29) is 5.82 Å². The molecule has 1 aromatic carbocycles. The van der Waals surface area contributed by atoms with Crippen molar-refractivity contribution in [3.05, 3.63) is 29.6 Å². The van der Waals surface area contributed by atoms with Crippen LogP contribution in [0.4, 0.5) is 10.1 Å². The lowest BCUT2D eigenvalue weighted by atomic mass is 10.1. The normalized spacial score (nSPS) is 15.8. The highest BCUT2D eigenvalue weighted by atomic mass is 19.1. The fourth-order valence-electron chi connectivity index (χ4n) is 3.15. The van der Waals surface area contributed by atoms with Gasteiger partial charge in [-0.1, -0.05) is 19.8 Å². The van der Waals surface area contributed by atoms with E-state index in [0.29, 0.717) is 0 Å². The molecule has 0 unspecified atom stereocenters. The molecule has 0 heterocycles. The molecular weight excluding hydrogens is 251 g/mol. The van der Waals surface area contributed by atoms with Gasteiger partial charge >= 0.3 is 0 Å². The molecule has 0 aliphatic heterocycles. The van der Waals surface area contributed by atoms with Crippen LogP contribution in [0.1, 0.15) is 44.6 Å². The minimum Gasteiger partial charge on any atom is -0.374 e. The average Bonchev–Trinajstić information content (AvgIpc) is 2.92. The smallest absolute Gasteiger partial charge is 0.123 e. The molecule has 1 aliphatic carbocycles. The molecule has 1 fully saturated rings. The van der Waals surface area contributed by atoms with Gasteiger partial charge in [-0.25, -0.2) is 4.39 Å². The lowest BCUT2D eigenvalue weighted by Crippen LogP contribution is -2.26. The first-order chi connectivity index (χ1) is 9.70. The third-order valence-electron chi connectivity index (χ3n) is 4.20. The number of benzene rings is 1. The second-order valence-corrected chi connectivity index (χ2v) is 5.98. The third-order valence-corrected chi connectivity index (χ3v) is 4.20. The Labute approximate surface area is 122 Å². The molecular formula is C17H27FN2. The minimum absolute atomic E-state index is 0.142. The summed E-state index contributed by atoms with van der Waals surface area (Å²) in [6, 6.07) is 5.17. The molecule has 1 aromatic rings. The Morgan fingerprint density at radius 2 is 2.05 bits per heavy atom. The van der Waals surface area contributed by atoms with Crippen molar-refractivity contribution in [2.45, 2.75) is 45.6 Å². The van der Waals surface area contributed by atoms with Gasteiger partial charge in [-0.2, -0.15) is 0 Å². The molecule has 20 heavy (non-hydrogen) atoms. The Morgan fingerprint density at radius 3 is 2.75 bits per heavy atom. The topological polar surface area (TPSA) is 15.3 Å². The highest BCUT2D eigenvalue weighted by Crippen LogP contribution is 2.28. The zero-order chi connectivity index (χ0) is 14.4. The zero-order valence-corrected chi connectivity index (χ0v) is 12.8. The first-order valence-corrected chi connectivity index (χ1v) is 7.91. The summed E-state index contributed by atoms with van der Waals surface area (Å²) in [4.78, 5) is 2.30. The Balaban J connectivity index is 2.03. The van der Waals surface area contributed by atoms with Crippen LogP contribution in [0.15, 0.2) is 18.2 Å². The number of hydrogen-bond donors (Lipinski definition) is 1. The summed E-state index contributed by atoms with van der Waals surface area (Å²) in [7, 11) is 2.13. The quantitative estimate of drug-likeness (QED) is 0.760. The summed E-state index contributed by atoms with van der Waals surface area (Å²) in [5.41, 5.74) is 2.24. The molecule has 2 nitrogen and oxygen atoms in total. The van der Waals surface area contributed by atoms with Crippen LogP contribution in [0.25, 0.3) is 0 Å². The van der Waals surface area contributed by atoms with Crippen molar-refractivity contribution < 1.29 is 4.39 Å². The Bertz CT molecular complexity index is 413. The Morgan fingerprint density at radius 1 is 1.30 bits per heavy atom. The van der Waals surface area contributed by atoms with Crippen molar-refractivity contribution in [2.24, 2.45) is 5.92 Å². The standard InChI is InChI=1S/C17H27FN2/c1-3-10-19-12-15-11-16(18)8-9-17(15)20(2)13-14-6-4-5-7-14/h8-9,11,14,19H,3-7,10,12-13H2,1-2H3. The maximum atomic E-state index is 13.5. The minimum atomic E-state index is -0.142. The summed E-state index contributed by atoms with van der Waals surface area (Å²) in [5, 5.41) is 3.37. The van der Waals surface area contributed by atoms with Crippen LogP contribution in [-0.4, -0.2) is 20.1 Å². The van der Waals surface area contributed by atoms with Crippen molar-refractivity contribution in [1.82, 2.24) is 5.32 Å². The molecule has 0 radical (unpaired) electrons. The molecule has 1 aliphatic rings. The van der Waals surface area contributed by atoms with E-state index in [4.69, 9.17) is 0 Å². The first-order valence-electron chi connectivity index (χ1n) is 7.91. The largest absolute Gasteiger partial charge is 0.374 e. The third kappa shape index (κ3) is 4.20. The molecule has 0 aromatic heterocycles. The van der Waals surface area contributed by atoms with E-state index in [1.165, 1.54) is 31.4 Å². The van der Waals surface area contributed by atoms with Gasteiger partial charge in [0, 0.05) is 25.8 Å². The second-order valence-electron chi connectivity index (χ2n) is 5.98. The van der Waals surface area contributed by atoms with Gasteiger partial charge in [-0.3, -0.25) is 0 Å². The number of nitrogens with one attached hydrogen (secondary N) is 1. The maximum absolute atomic E-state index is 13.5. The molecule has 0 amide bonds. The SMILES string of the molecule is CCCNCc1cc(F)ccc1N(C)CC1CCCC1. The van der Waals surface area contributed by atoms with E-state index in [9.17, 15) is 4.39 Å². The fourth-order valence-corrected chi connectivity index (χ4v) is 3.15. The predicted octanol–water partition coefficient (Wildman–Crippen LogP) is 3.95. The summed E-state index contributed by atoms with van der Waals surface area (Å²) in [6.45, 7) is 4.95. The Kier molecular flexibility index (Phi) is 5.84. The van der Waals surface area contributed by atoms with Gasteiger partial charge in [0.25, 0.3) is 0 Å². The van der Waals surface area contributed by atoms with Crippen molar-refractivity contribution in [3.63, 3.8) is 0 Å². The number of halogens is 1. The summed E-state index contributed by atoms with van der Waals surface area (Å²) in [5.74, 6) is 0.665. The van der Waals surface area contributed by atoms with Crippen molar-refractivity contribution in [1.29, 1.82) is 0 Å². The highest BCUT2D eigenvalue weighted by Gasteiger charge is 2.18. The summed E-state index contributed by atoms with van der Waals surface area (Å²) in [6.07, 6.45) is 6.52. The van der Waals surface area contributed by atoms with Gasteiger partial charge in [0.15, 0.2) is 0 Å². The molecule has 112 valence electrons. The number of rotatable bonds is 7. The predicted molar refractivity (Wildman–Crippen MR) is 83.6 cm³/mol. The van der Waals surface area contributed by atoms with Gasteiger partial charge in [0.05, 0.1) is 0 Å². The molecule has 1 N–H and O–H groups in total. The van der Waals surface area contributed by atoms with E-state index < -0.39 is 0 Å². The number of nitrogens with zero attached hydrogens (tertiary/aromatic N) is 1. The number of anilines is 1. The van der Waals surface area contributed by atoms with Crippen LogP contribution in [0, 0.1) is 11.7 Å². The summed E-state index contributed by atoms with van der Waals surface area (Å²) < 4.78 is 13.5. The van der Waals surface area contributed by atoms with E-state index in [1.54, 1.807) is 12.1 Å².